The van der Waals surface area contributed by atoms with Gasteiger partial charge in [0.2, 0.25) is 0 Å². The summed E-state index contributed by atoms with van der Waals surface area (Å²) >= 11 is 0. The first-order chi connectivity index (χ1) is 6.09. The summed E-state index contributed by atoms with van der Waals surface area (Å²) in [5, 5.41) is 9.26. The molecule has 0 spiro atoms. The summed E-state index contributed by atoms with van der Waals surface area (Å²) in [6.07, 6.45) is 1.36. The SMILES string of the molecule is CC(C)CS(=O)N1CCC(O)CC1. The van der Waals surface area contributed by atoms with Crippen molar-refractivity contribution in [2.45, 2.75) is 32.8 Å². The molecule has 1 unspecified atom stereocenters. The molecule has 1 saturated heterocycles. The number of rotatable bonds is 3. The molecule has 1 aliphatic heterocycles. The second kappa shape index (κ2) is 5.08. The first kappa shape index (κ1) is 11.1. The van der Waals surface area contributed by atoms with Gasteiger partial charge in [-0.2, -0.15) is 0 Å². The summed E-state index contributed by atoms with van der Waals surface area (Å²) in [6, 6.07) is 0. The van der Waals surface area contributed by atoms with E-state index in [1.807, 2.05) is 4.31 Å². The Balaban J connectivity index is 2.31. The van der Waals surface area contributed by atoms with Gasteiger partial charge in [-0.25, -0.2) is 8.51 Å². The molecule has 1 rings (SSSR count). The predicted molar refractivity (Wildman–Crippen MR) is 54.7 cm³/mol. The molecule has 3 nitrogen and oxygen atoms in total. The summed E-state index contributed by atoms with van der Waals surface area (Å²) in [5.41, 5.74) is 0. The Morgan fingerprint density at radius 3 is 2.46 bits per heavy atom. The monoisotopic (exact) mass is 205 g/mol. The van der Waals surface area contributed by atoms with Gasteiger partial charge in [-0.05, 0) is 18.8 Å². The molecule has 1 N–H and O–H groups in total. The quantitative estimate of drug-likeness (QED) is 0.739. The van der Waals surface area contributed by atoms with Gasteiger partial charge in [0, 0.05) is 18.8 Å². The van der Waals surface area contributed by atoms with Crippen molar-refractivity contribution in [2.75, 3.05) is 18.8 Å². The normalized spacial score (nSPS) is 23.7. The fraction of sp³-hybridized carbons (Fsp3) is 1.00. The molecule has 4 heteroatoms. The Labute approximate surface area is 82.7 Å². The second-order valence-corrected chi connectivity index (χ2v) is 5.53. The maximum atomic E-state index is 11.7. The van der Waals surface area contributed by atoms with E-state index in [1.54, 1.807) is 0 Å². The first-order valence-corrected chi connectivity index (χ1v) is 6.18. The Kier molecular flexibility index (Phi) is 4.35. The second-order valence-electron chi connectivity index (χ2n) is 4.04. The van der Waals surface area contributed by atoms with Crippen LogP contribution < -0.4 is 0 Å². The molecule has 0 aromatic carbocycles. The minimum absolute atomic E-state index is 0.174. The van der Waals surface area contributed by atoms with E-state index in [2.05, 4.69) is 13.8 Å². The summed E-state index contributed by atoms with van der Waals surface area (Å²) in [6.45, 7) is 5.72. The molecule has 1 fully saturated rings. The lowest BCUT2D eigenvalue weighted by Gasteiger charge is -2.28. The van der Waals surface area contributed by atoms with Crippen LogP contribution in [0, 0.1) is 5.92 Å². The van der Waals surface area contributed by atoms with Crippen molar-refractivity contribution >= 4 is 11.0 Å². The van der Waals surface area contributed by atoms with Gasteiger partial charge >= 0.3 is 0 Å². The number of hydrogen-bond acceptors (Lipinski definition) is 2. The molecule has 78 valence electrons. The third kappa shape index (κ3) is 3.75. The van der Waals surface area contributed by atoms with Crippen molar-refractivity contribution in [2.24, 2.45) is 5.92 Å². The van der Waals surface area contributed by atoms with Crippen LogP contribution >= 0.6 is 0 Å². The Hall–Kier alpha value is 0.0700. The molecule has 1 atom stereocenters. The van der Waals surface area contributed by atoms with Gasteiger partial charge in [0.05, 0.1) is 17.1 Å². The standard InChI is InChI=1S/C9H19NO2S/c1-8(2)7-13(12)10-5-3-9(11)4-6-10/h8-9,11H,3-7H2,1-2H3. The number of hydrogen-bond donors (Lipinski definition) is 1. The molecule has 13 heavy (non-hydrogen) atoms. The number of aliphatic hydroxyl groups excluding tert-OH is 1. The molecule has 0 bridgehead atoms. The van der Waals surface area contributed by atoms with Gasteiger partial charge in [0.25, 0.3) is 0 Å². The van der Waals surface area contributed by atoms with Crippen LogP contribution in [0.15, 0.2) is 0 Å². The zero-order chi connectivity index (χ0) is 9.84. The van der Waals surface area contributed by atoms with E-state index >= 15 is 0 Å². The average molecular weight is 205 g/mol. The number of nitrogens with zero attached hydrogens (tertiary/aromatic N) is 1. The number of piperidine rings is 1. The Morgan fingerprint density at radius 2 is 2.00 bits per heavy atom. The minimum atomic E-state index is -0.829. The van der Waals surface area contributed by atoms with Crippen molar-refractivity contribution in [1.29, 1.82) is 0 Å². The van der Waals surface area contributed by atoms with Gasteiger partial charge in [0.1, 0.15) is 0 Å². The van der Waals surface area contributed by atoms with Gasteiger partial charge in [-0.3, -0.25) is 0 Å². The lowest BCUT2D eigenvalue weighted by molar-refractivity contribution is 0.114. The van der Waals surface area contributed by atoms with Crippen LogP contribution in [0.1, 0.15) is 26.7 Å². The molecule has 0 aromatic rings. The highest BCUT2D eigenvalue weighted by molar-refractivity contribution is 7.82. The van der Waals surface area contributed by atoms with Gasteiger partial charge in [0.15, 0.2) is 0 Å². The van der Waals surface area contributed by atoms with E-state index in [9.17, 15) is 9.32 Å². The Bertz CT molecular complexity index is 176. The summed E-state index contributed by atoms with van der Waals surface area (Å²) < 4.78 is 13.6. The maximum Gasteiger partial charge on any atom is 0.0945 e. The third-order valence-electron chi connectivity index (χ3n) is 2.19. The average Bonchev–Trinajstić information content (AvgIpc) is 2.04. The highest BCUT2D eigenvalue weighted by atomic mass is 32.2. The molecule has 1 heterocycles. The van der Waals surface area contributed by atoms with Crippen LogP contribution in [0.25, 0.3) is 0 Å². The minimum Gasteiger partial charge on any atom is -0.393 e. The first-order valence-electron chi connectivity index (χ1n) is 4.91. The van der Waals surface area contributed by atoms with Crippen LogP contribution in [0.3, 0.4) is 0 Å². The molecule has 0 saturated carbocycles. The third-order valence-corrected chi connectivity index (χ3v) is 4.08. The topological polar surface area (TPSA) is 40.5 Å². The van der Waals surface area contributed by atoms with Crippen molar-refractivity contribution in [3.63, 3.8) is 0 Å². The van der Waals surface area contributed by atoms with E-state index in [1.165, 1.54) is 0 Å². The predicted octanol–water partition coefficient (Wildman–Crippen LogP) is 0.763. The van der Waals surface area contributed by atoms with Gasteiger partial charge < -0.3 is 5.11 Å². The molecular weight excluding hydrogens is 186 g/mol. The van der Waals surface area contributed by atoms with E-state index in [0.29, 0.717) is 5.92 Å². The summed E-state index contributed by atoms with van der Waals surface area (Å²) in [5.74, 6) is 1.23. The van der Waals surface area contributed by atoms with E-state index in [0.717, 1.165) is 31.7 Å². The Morgan fingerprint density at radius 1 is 1.46 bits per heavy atom. The molecule has 0 amide bonds. The fourth-order valence-electron chi connectivity index (χ4n) is 1.44. The van der Waals surface area contributed by atoms with Crippen LogP contribution in [0.5, 0.6) is 0 Å². The van der Waals surface area contributed by atoms with Gasteiger partial charge in [-0.15, -0.1) is 0 Å². The smallest absolute Gasteiger partial charge is 0.0945 e. The lowest BCUT2D eigenvalue weighted by atomic mass is 10.1. The van der Waals surface area contributed by atoms with Crippen molar-refractivity contribution in [3.05, 3.63) is 0 Å². The van der Waals surface area contributed by atoms with Crippen LogP contribution in [0.2, 0.25) is 0 Å². The van der Waals surface area contributed by atoms with Crippen LogP contribution in [0.4, 0.5) is 0 Å². The highest BCUT2D eigenvalue weighted by Gasteiger charge is 2.21. The largest absolute Gasteiger partial charge is 0.393 e. The summed E-state index contributed by atoms with van der Waals surface area (Å²) in [7, 11) is -0.829. The zero-order valence-electron chi connectivity index (χ0n) is 8.40. The highest BCUT2D eigenvalue weighted by Crippen LogP contribution is 2.13. The van der Waals surface area contributed by atoms with E-state index in [4.69, 9.17) is 0 Å². The van der Waals surface area contributed by atoms with Crippen LogP contribution in [-0.2, 0) is 11.0 Å². The van der Waals surface area contributed by atoms with Crippen LogP contribution in [-0.4, -0.2) is 38.6 Å². The van der Waals surface area contributed by atoms with Crippen molar-refractivity contribution in [3.8, 4) is 0 Å². The maximum absolute atomic E-state index is 11.7. The van der Waals surface area contributed by atoms with E-state index < -0.39 is 11.0 Å². The molecule has 1 aliphatic rings. The van der Waals surface area contributed by atoms with Gasteiger partial charge in [-0.1, -0.05) is 13.8 Å². The van der Waals surface area contributed by atoms with E-state index in [-0.39, 0.29) is 6.10 Å². The zero-order valence-corrected chi connectivity index (χ0v) is 9.22. The fourth-order valence-corrected chi connectivity index (χ4v) is 2.84. The summed E-state index contributed by atoms with van der Waals surface area (Å²) in [4.78, 5) is 0. The van der Waals surface area contributed by atoms with Crippen molar-refractivity contribution in [1.82, 2.24) is 4.31 Å². The molecule has 0 aromatic heterocycles. The molecule has 0 radical (unpaired) electrons. The molecular formula is C9H19NO2S. The number of aliphatic hydroxyl groups is 1. The lowest BCUT2D eigenvalue weighted by Crippen LogP contribution is -2.38. The van der Waals surface area contributed by atoms with Crippen molar-refractivity contribution < 1.29 is 9.32 Å². The molecule has 0 aliphatic carbocycles.